The Labute approximate surface area is 137 Å². The van der Waals surface area contributed by atoms with Gasteiger partial charge in [0.1, 0.15) is 0 Å². The Morgan fingerprint density at radius 1 is 1.17 bits per heavy atom. The molecular weight excluding hydrogens is 308 g/mol. The molecule has 124 valence electrons. The number of aromatic amines is 1. The predicted molar refractivity (Wildman–Crippen MR) is 92.1 cm³/mol. The van der Waals surface area contributed by atoms with E-state index in [1.54, 1.807) is 10.4 Å². The third-order valence-corrected chi connectivity index (χ3v) is 7.19. The molecule has 0 unspecified atom stereocenters. The number of nitrogens with one attached hydrogen (secondary N) is 1. The molecule has 2 aliphatic rings. The van der Waals surface area contributed by atoms with Gasteiger partial charge in [0.15, 0.2) is 0 Å². The highest BCUT2D eigenvalue weighted by molar-refractivity contribution is 7.89. The molecule has 0 saturated carbocycles. The summed E-state index contributed by atoms with van der Waals surface area (Å²) in [5.41, 5.74) is 3.70. The van der Waals surface area contributed by atoms with Crippen LogP contribution in [0.4, 0.5) is 0 Å². The van der Waals surface area contributed by atoms with Crippen molar-refractivity contribution in [2.75, 3.05) is 13.1 Å². The summed E-state index contributed by atoms with van der Waals surface area (Å²) >= 11 is 0. The Morgan fingerprint density at radius 2 is 2.00 bits per heavy atom. The number of nitrogens with zero attached hydrogens (tertiary/aromatic N) is 1. The van der Waals surface area contributed by atoms with Crippen LogP contribution in [-0.2, 0) is 22.9 Å². The normalized spacial score (nSPS) is 23.1. The zero-order valence-electron chi connectivity index (χ0n) is 13.6. The van der Waals surface area contributed by atoms with Gasteiger partial charge in [-0.3, -0.25) is 0 Å². The van der Waals surface area contributed by atoms with Gasteiger partial charge in [0, 0.05) is 29.7 Å². The van der Waals surface area contributed by atoms with Gasteiger partial charge in [-0.2, -0.15) is 4.31 Å². The molecule has 1 aromatic carbocycles. The quantitative estimate of drug-likeness (QED) is 0.915. The second-order valence-corrected chi connectivity index (χ2v) is 9.04. The Bertz CT molecular complexity index is 838. The smallest absolute Gasteiger partial charge is 0.243 e. The van der Waals surface area contributed by atoms with E-state index in [1.165, 1.54) is 24.1 Å². The number of hydrogen-bond acceptors (Lipinski definition) is 2. The Morgan fingerprint density at radius 3 is 2.83 bits per heavy atom. The second kappa shape index (κ2) is 5.64. The van der Waals surface area contributed by atoms with Crippen molar-refractivity contribution in [3.05, 3.63) is 29.5 Å². The Kier molecular flexibility index (Phi) is 3.73. The van der Waals surface area contributed by atoms with Crippen LogP contribution in [0.2, 0.25) is 0 Å². The van der Waals surface area contributed by atoms with E-state index >= 15 is 0 Å². The molecule has 23 heavy (non-hydrogen) atoms. The third kappa shape index (κ3) is 2.60. The molecule has 2 heterocycles. The molecule has 1 aliphatic heterocycles. The molecule has 1 aromatic heterocycles. The van der Waals surface area contributed by atoms with E-state index in [4.69, 9.17) is 0 Å². The number of piperidine rings is 1. The van der Waals surface area contributed by atoms with Gasteiger partial charge < -0.3 is 4.98 Å². The standard InChI is InChI=1S/C18H24N2O2S/c1-13-5-4-10-20(12-13)23(21,22)14-8-9-18-16(11-14)15-6-2-3-7-17(15)19-18/h8-9,11,13,19H,2-7,10,12H2,1H3/t13-/m0/s1. The number of fused-ring (bicyclic) bond motifs is 3. The number of benzene rings is 1. The molecule has 0 radical (unpaired) electrons. The van der Waals surface area contributed by atoms with E-state index in [0.29, 0.717) is 23.9 Å². The zero-order valence-corrected chi connectivity index (χ0v) is 14.5. The highest BCUT2D eigenvalue weighted by atomic mass is 32.2. The third-order valence-electron chi connectivity index (χ3n) is 5.33. The van der Waals surface area contributed by atoms with E-state index in [9.17, 15) is 8.42 Å². The second-order valence-electron chi connectivity index (χ2n) is 7.11. The molecule has 1 saturated heterocycles. The van der Waals surface area contributed by atoms with Crippen molar-refractivity contribution in [3.63, 3.8) is 0 Å². The van der Waals surface area contributed by atoms with E-state index in [0.717, 1.165) is 36.6 Å². The van der Waals surface area contributed by atoms with Crippen LogP contribution in [0.25, 0.3) is 10.9 Å². The lowest BCUT2D eigenvalue weighted by Crippen LogP contribution is -2.39. The molecule has 1 aliphatic carbocycles. The highest BCUT2D eigenvalue weighted by Gasteiger charge is 2.29. The van der Waals surface area contributed by atoms with Gasteiger partial charge in [0.05, 0.1) is 4.90 Å². The topological polar surface area (TPSA) is 53.2 Å². The van der Waals surface area contributed by atoms with E-state index in [1.807, 2.05) is 12.1 Å². The fourth-order valence-corrected chi connectivity index (χ4v) is 5.68. The van der Waals surface area contributed by atoms with Gasteiger partial charge in [-0.25, -0.2) is 8.42 Å². The number of H-pyrrole nitrogens is 1. The maximum absolute atomic E-state index is 13.0. The Balaban J connectivity index is 1.76. The zero-order chi connectivity index (χ0) is 16.0. The Hall–Kier alpha value is -1.33. The molecule has 0 spiro atoms. The number of sulfonamides is 1. The summed E-state index contributed by atoms with van der Waals surface area (Å²) in [5, 5.41) is 1.10. The van der Waals surface area contributed by atoms with Crippen LogP contribution in [-0.4, -0.2) is 30.8 Å². The molecule has 2 aromatic rings. The van der Waals surface area contributed by atoms with E-state index in [2.05, 4.69) is 11.9 Å². The molecule has 0 amide bonds. The number of rotatable bonds is 2. The first-order valence-electron chi connectivity index (χ1n) is 8.69. The summed E-state index contributed by atoms with van der Waals surface area (Å²) in [5.74, 6) is 0.447. The highest BCUT2D eigenvalue weighted by Crippen LogP contribution is 2.32. The minimum Gasteiger partial charge on any atom is -0.358 e. The van der Waals surface area contributed by atoms with Gasteiger partial charge in [0.2, 0.25) is 10.0 Å². The number of aromatic nitrogens is 1. The van der Waals surface area contributed by atoms with Gasteiger partial charge in [-0.1, -0.05) is 6.92 Å². The van der Waals surface area contributed by atoms with Gasteiger partial charge in [0.25, 0.3) is 0 Å². The van der Waals surface area contributed by atoms with Crippen LogP contribution in [0.3, 0.4) is 0 Å². The summed E-state index contributed by atoms with van der Waals surface area (Å²) in [7, 11) is -3.37. The van der Waals surface area contributed by atoms with Crippen molar-refractivity contribution in [2.24, 2.45) is 5.92 Å². The van der Waals surface area contributed by atoms with Gasteiger partial charge >= 0.3 is 0 Å². The van der Waals surface area contributed by atoms with Crippen molar-refractivity contribution in [3.8, 4) is 0 Å². The molecule has 1 N–H and O–H groups in total. The average molecular weight is 332 g/mol. The van der Waals surface area contributed by atoms with Crippen molar-refractivity contribution in [1.29, 1.82) is 0 Å². The fraction of sp³-hybridized carbons (Fsp3) is 0.556. The lowest BCUT2D eigenvalue weighted by molar-refractivity contribution is 0.281. The molecule has 1 fully saturated rings. The fourth-order valence-electron chi connectivity index (χ4n) is 4.06. The molecule has 4 rings (SSSR count). The SMILES string of the molecule is C[C@H]1CCCN(S(=O)(=O)c2ccc3[nH]c4c(c3c2)CCCC4)C1. The minimum absolute atomic E-state index is 0.447. The van der Waals surface area contributed by atoms with Gasteiger partial charge in [-0.05, 0) is 68.2 Å². The maximum Gasteiger partial charge on any atom is 0.243 e. The molecule has 0 bridgehead atoms. The number of hydrogen-bond donors (Lipinski definition) is 1. The van der Waals surface area contributed by atoms with Gasteiger partial charge in [-0.15, -0.1) is 0 Å². The summed E-state index contributed by atoms with van der Waals surface area (Å²) in [4.78, 5) is 3.92. The van der Waals surface area contributed by atoms with Crippen LogP contribution in [0.15, 0.2) is 23.1 Å². The van der Waals surface area contributed by atoms with Crippen LogP contribution in [0.1, 0.15) is 43.9 Å². The number of aryl methyl sites for hydroxylation is 2. The van der Waals surface area contributed by atoms with Crippen LogP contribution < -0.4 is 0 Å². The summed E-state index contributed by atoms with van der Waals surface area (Å²) < 4.78 is 27.6. The molecular formula is C18H24N2O2S. The first-order chi connectivity index (χ1) is 11.1. The summed E-state index contributed by atoms with van der Waals surface area (Å²) in [6, 6.07) is 5.59. The van der Waals surface area contributed by atoms with Crippen molar-refractivity contribution >= 4 is 20.9 Å². The summed E-state index contributed by atoms with van der Waals surface area (Å²) in [6.45, 7) is 3.43. The van der Waals surface area contributed by atoms with Crippen LogP contribution in [0.5, 0.6) is 0 Å². The predicted octanol–water partition coefficient (Wildman–Crippen LogP) is 3.47. The molecule has 5 heteroatoms. The lowest BCUT2D eigenvalue weighted by atomic mass is 9.96. The minimum atomic E-state index is -3.37. The molecule has 4 nitrogen and oxygen atoms in total. The van der Waals surface area contributed by atoms with Crippen molar-refractivity contribution in [1.82, 2.24) is 9.29 Å². The van der Waals surface area contributed by atoms with Crippen molar-refractivity contribution < 1.29 is 8.42 Å². The van der Waals surface area contributed by atoms with Crippen molar-refractivity contribution in [2.45, 2.75) is 50.3 Å². The first-order valence-corrected chi connectivity index (χ1v) is 10.1. The van der Waals surface area contributed by atoms with E-state index in [-0.39, 0.29) is 0 Å². The average Bonchev–Trinajstić information content (AvgIpc) is 2.92. The van der Waals surface area contributed by atoms with Crippen LogP contribution >= 0.6 is 0 Å². The van der Waals surface area contributed by atoms with E-state index < -0.39 is 10.0 Å². The summed E-state index contributed by atoms with van der Waals surface area (Å²) in [6.07, 6.45) is 6.63. The lowest BCUT2D eigenvalue weighted by Gasteiger charge is -2.30. The first kappa shape index (κ1) is 15.2. The monoisotopic (exact) mass is 332 g/mol. The largest absolute Gasteiger partial charge is 0.358 e. The molecule has 1 atom stereocenters. The van der Waals surface area contributed by atoms with Crippen LogP contribution in [0, 0.1) is 5.92 Å². The maximum atomic E-state index is 13.0.